The van der Waals surface area contributed by atoms with E-state index in [-0.39, 0.29) is 18.5 Å². The molecule has 0 spiro atoms. The topological polar surface area (TPSA) is 49.6 Å². The molecule has 31 heavy (non-hydrogen) atoms. The number of benzene rings is 3. The number of halogens is 4. The van der Waals surface area contributed by atoms with E-state index >= 15 is 0 Å². The van der Waals surface area contributed by atoms with Crippen molar-refractivity contribution in [1.82, 2.24) is 5.01 Å². The number of urea groups is 1. The molecule has 0 aromatic heterocycles. The summed E-state index contributed by atoms with van der Waals surface area (Å²) in [4.78, 5) is 12.3. The first-order valence-corrected chi connectivity index (χ1v) is 9.97. The van der Waals surface area contributed by atoms with Crippen LogP contribution < -0.4 is 10.7 Å². The number of nitrogens with two attached hydrogens (primary N) is 1. The van der Waals surface area contributed by atoms with E-state index in [1.54, 1.807) is 17.1 Å². The molecule has 4 nitrogen and oxygen atoms in total. The summed E-state index contributed by atoms with van der Waals surface area (Å²) in [5.74, 6) is -0.155. The first kappa shape index (κ1) is 21.1. The van der Waals surface area contributed by atoms with Crippen molar-refractivity contribution in [3.8, 4) is 0 Å². The average molecular weight is 446 g/mol. The minimum absolute atomic E-state index is 0.155. The summed E-state index contributed by atoms with van der Waals surface area (Å²) in [6.07, 6.45) is -4.45. The fourth-order valence-electron chi connectivity index (χ4n) is 4.02. The van der Waals surface area contributed by atoms with E-state index in [9.17, 15) is 18.0 Å². The van der Waals surface area contributed by atoms with Gasteiger partial charge in [0.05, 0.1) is 23.8 Å². The predicted octanol–water partition coefficient (Wildman–Crippen LogP) is 6.00. The third-order valence-corrected chi connectivity index (χ3v) is 5.68. The highest BCUT2D eigenvalue weighted by Gasteiger charge is 2.43. The number of amides is 2. The zero-order chi connectivity index (χ0) is 22.2. The van der Waals surface area contributed by atoms with Crippen LogP contribution in [0.5, 0.6) is 0 Å². The van der Waals surface area contributed by atoms with Crippen LogP contribution in [0.1, 0.15) is 28.7 Å². The number of primary amides is 1. The summed E-state index contributed by atoms with van der Waals surface area (Å²) in [5, 5.41) is 3.61. The highest BCUT2D eigenvalue weighted by atomic mass is 35.5. The molecule has 3 aromatic carbocycles. The van der Waals surface area contributed by atoms with Crippen LogP contribution in [0.15, 0.2) is 78.9 Å². The molecular formula is C23H19ClF3N3O. The third kappa shape index (κ3) is 4.18. The molecule has 1 fully saturated rings. The zero-order valence-corrected chi connectivity index (χ0v) is 17.0. The third-order valence-electron chi connectivity index (χ3n) is 5.43. The van der Waals surface area contributed by atoms with Crippen molar-refractivity contribution < 1.29 is 18.0 Å². The fraction of sp³-hybridized carbons (Fsp3) is 0.174. The van der Waals surface area contributed by atoms with Crippen LogP contribution in [0.2, 0.25) is 5.02 Å². The molecule has 1 aliphatic rings. The molecule has 2 N–H and O–H groups in total. The van der Waals surface area contributed by atoms with Gasteiger partial charge >= 0.3 is 12.2 Å². The van der Waals surface area contributed by atoms with Crippen molar-refractivity contribution in [2.45, 2.75) is 18.1 Å². The molecule has 160 valence electrons. The van der Waals surface area contributed by atoms with Gasteiger partial charge in [-0.05, 0) is 47.5 Å². The lowest BCUT2D eigenvalue weighted by atomic mass is 9.88. The SMILES string of the molecule is NC(=O)N1CC(c2ccccc2)C(c2ccc(Cl)cc2)N1c1ccc(C(F)(F)F)cc1. The maximum Gasteiger partial charge on any atom is 0.416 e. The predicted molar refractivity (Wildman–Crippen MR) is 114 cm³/mol. The minimum Gasteiger partial charge on any atom is -0.350 e. The lowest BCUT2D eigenvalue weighted by Gasteiger charge is -2.34. The van der Waals surface area contributed by atoms with E-state index in [0.29, 0.717) is 10.7 Å². The van der Waals surface area contributed by atoms with Crippen LogP contribution in [0, 0.1) is 0 Å². The Labute approximate surface area is 182 Å². The van der Waals surface area contributed by atoms with Crippen LogP contribution >= 0.6 is 11.6 Å². The maximum atomic E-state index is 13.1. The lowest BCUT2D eigenvalue weighted by Crippen LogP contribution is -2.45. The van der Waals surface area contributed by atoms with Crippen molar-refractivity contribution >= 4 is 23.3 Å². The van der Waals surface area contributed by atoms with E-state index in [4.69, 9.17) is 17.3 Å². The second-order valence-corrected chi connectivity index (χ2v) is 7.76. The molecule has 8 heteroatoms. The summed E-state index contributed by atoms with van der Waals surface area (Å²) in [7, 11) is 0. The van der Waals surface area contributed by atoms with E-state index in [1.807, 2.05) is 42.5 Å². The van der Waals surface area contributed by atoms with E-state index in [2.05, 4.69) is 0 Å². The number of anilines is 1. The summed E-state index contributed by atoms with van der Waals surface area (Å²) >= 11 is 6.06. The van der Waals surface area contributed by atoms with Crippen molar-refractivity contribution in [3.63, 3.8) is 0 Å². The smallest absolute Gasteiger partial charge is 0.350 e. The normalized spacial score (nSPS) is 19.0. The van der Waals surface area contributed by atoms with Gasteiger partial charge in [0, 0.05) is 10.9 Å². The summed E-state index contributed by atoms with van der Waals surface area (Å²) < 4.78 is 39.2. The van der Waals surface area contributed by atoms with E-state index in [0.717, 1.165) is 23.3 Å². The standard InChI is InChI=1S/C23H19ClF3N3O/c24-18-10-6-16(7-11-18)21-20(15-4-2-1-3-5-15)14-29(22(28)31)30(21)19-12-8-17(9-13-19)23(25,26)27/h1-13,20-21H,14H2,(H2,28,31). The Morgan fingerprint density at radius 2 is 1.52 bits per heavy atom. The van der Waals surface area contributed by atoms with Crippen molar-refractivity contribution in [3.05, 3.63) is 101 Å². The van der Waals surface area contributed by atoms with E-state index in [1.165, 1.54) is 17.1 Å². The highest BCUT2D eigenvalue weighted by Crippen LogP contribution is 2.46. The molecule has 3 aromatic rings. The van der Waals surface area contributed by atoms with Crippen molar-refractivity contribution in [2.24, 2.45) is 5.73 Å². The van der Waals surface area contributed by atoms with Gasteiger partial charge < -0.3 is 5.73 Å². The Kier molecular flexibility index (Phi) is 5.54. The Bertz CT molecular complexity index is 1060. The number of rotatable bonds is 3. The summed E-state index contributed by atoms with van der Waals surface area (Å²) in [6, 6.07) is 20.5. The molecule has 4 rings (SSSR count). The molecule has 2 atom stereocenters. The Morgan fingerprint density at radius 1 is 0.903 bits per heavy atom. The molecule has 0 aliphatic carbocycles. The fourth-order valence-corrected chi connectivity index (χ4v) is 4.14. The molecule has 2 amide bonds. The van der Waals surface area contributed by atoms with Gasteiger partial charge in [-0.3, -0.25) is 5.01 Å². The number of hydrazine groups is 1. The number of hydrogen-bond donors (Lipinski definition) is 1. The lowest BCUT2D eigenvalue weighted by molar-refractivity contribution is -0.137. The van der Waals surface area contributed by atoms with Gasteiger partial charge in [0.25, 0.3) is 0 Å². The summed E-state index contributed by atoms with van der Waals surface area (Å²) in [6.45, 7) is 0.285. The van der Waals surface area contributed by atoms with Crippen LogP contribution in [0.25, 0.3) is 0 Å². The quantitative estimate of drug-likeness (QED) is 0.537. The maximum absolute atomic E-state index is 13.1. The number of carbonyl (C=O) groups is 1. The second-order valence-electron chi connectivity index (χ2n) is 7.32. The van der Waals surface area contributed by atoms with Gasteiger partial charge in [-0.15, -0.1) is 0 Å². The van der Waals surface area contributed by atoms with Gasteiger partial charge in [0.1, 0.15) is 0 Å². The second kappa shape index (κ2) is 8.15. The van der Waals surface area contributed by atoms with Gasteiger partial charge in [-0.2, -0.15) is 13.2 Å². The van der Waals surface area contributed by atoms with Crippen LogP contribution in [0.3, 0.4) is 0 Å². The molecule has 2 unspecified atom stereocenters. The average Bonchev–Trinajstić information content (AvgIpc) is 3.15. The first-order chi connectivity index (χ1) is 14.8. The first-order valence-electron chi connectivity index (χ1n) is 9.59. The van der Waals surface area contributed by atoms with Gasteiger partial charge in [-0.25, -0.2) is 9.80 Å². The number of alkyl halides is 3. The van der Waals surface area contributed by atoms with Crippen LogP contribution in [-0.4, -0.2) is 17.6 Å². The molecular weight excluding hydrogens is 427 g/mol. The Morgan fingerprint density at radius 3 is 2.06 bits per heavy atom. The molecule has 0 bridgehead atoms. The minimum atomic E-state index is -4.45. The Balaban J connectivity index is 1.84. The Hall–Kier alpha value is -3.19. The monoisotopic (exact) mass is 445 g/mol. The number of hydrogen-bond acceptors (Lipinski definition) is 2. The van der Waals surface area contributed by atoms with Crippen LogP contribution in [0.4, 0.5) is 23.7 Å². The van der Waals surface area contributed by atoms with Crippen LogP contribution in [-0.2, 0) is 6.18 Å². The van der Waals surface area contributed by atoms with Crippen molar-refractivity contribution in [1.29, 1.82) is 0 Å². The van der Waals surface area contributed by atoms with E-state index < -0.39 is 17.8 Å². The zero-order valence-electron chi connectivity index (χ0n) is 16.3. The highest BCUT2D eigenvalue weighted by molar-refractivity contribution is 6.30. The number of carbonyl (C=O) groups excluding carboxylic acids is 1. The molecule has 0 saturated carbocycles. The molecule has 1 saturated heterocycles. The van der Waals surface area contributed by atoms with Crippen molar-refractivity contribution in [2.75, 3.05) is 11.6 Å². The number of nitrogens with zero attached hydrogens (tertiary/aromatic N) is 2. The molecule has 1 aliphatic heterocycles. The molecule has 1 heterocycles. The summed E-state index contributed by atoms with van der Waals surface area (Å²) in [5.41, 5.74) is 7.20. The van der Waals surface area contributed by atoms with Gasteiger partial charge in [-0.1, -0.05) is 54.1 Å². The largest absolute Gasteiger partial charge is 0.416 e. The van der Waals surface area contributed by atoms with Gasteiger partial charge in [0.15, 0.2) is 0 Å². The van der Waals surface area contributed by atoms with Gasteiger partial charge in [0.2, 0.25) is 0 Å². The molecule has 0 radical (unpaired) electrons.